The van der Waals surface area contributed by atoms with E-state index >= 15 is 0 Å². The Labute approximate surface area is 112 Å². The molecule has 0 fully saturated rings. The van der Waals surface area contributed by atoms with Crippen LogP contribution in [-0.4, -0.2) is 29.2 Å². The molecule has 0 saturated carbocycles. The zero-order valence-electron chi connectivity index (χ0n) is 10.2. The summed E-state index contributed by atoms with van der Waals surface area (Å²) < 4.78 is 0. The number of alkyl halides is 1. The Balaban J connectivity index is 2.45. The highest BCUT2D eigenvalue weighted by atomic mass is 79.9. The van der Waals surface area contributed by atoms with Crippen LogP contribution in [0.3, 0.4) is 0 Å². The molecule has 0 heterocycles. The van der Waals surface area contributed by atoms with Crippen LogP contribution in [0.2, 0.25) is 0 Å². The number of benzene rings is 1. The molecule has 0 unspecified atom stereocenters. The van der Waals surface area contributed by atoms with Gasteiger partial charge in [-0.2, -0.15) is 0 Å². The maximum atomic E-state index is 3.45. The SMILES string of the molecule is CC(C)Sc1ccc(CCN(C)CBr)cc1. The van der Waals surface area contributed by atoms with E-state index in [0.29, 0.717) is 5.25 Å². The third-order valence-electron chi connectivity index (χ3n) is 2.28. The van der Waals surface area contributed by atoms with Crippen LogP contribution < -0.4 is 0 Å². The smallest absolute Gasteiger partial charge is 0.0539 e. The van der Waals surface area contributed by atoms with Gasteiger partial charge < -0.3 is 0 Å². The third kappa shape index (κ3) is 5.37. The predicted molar refractivity (Wildman–Crippen MR) is 77.6 cm³/mol. The number of nitrogens with zero attached hydrogens (tertiary/aromatic N) is 1. The Bertz CT molecular complexity index is 297. The van der Waals surface area contributed by atoms with Crippen molar-refractivity contribution in [2.45, 2.75) is 30.4 Å². The average molecular weight is 302 g/mol. The zero-order valence-corrected chi connectivity index (χ0v) is 12.6. The van der Waals surface area contributed by atoms with E-state index in [4.69, 9.17) is 0 Å². The highest BCUT2D eigenvalue weighted by molar-refractivity contribution is 9.09. The van der Waals surface area contributed by atoms with Gasteiger partial charge in [0.05, 0.1) is 5.45 Å². The van der Waals surface area contributed by atoms with Crippen molar-refractivity contribution in [2.24, 2.45) is 0 Å². The lowest BCUT2D eigenvalue weighted by atomic mass is 10.1. The van der Waals surface area contributed by atoms with Gasteiger partial charge in [-0.05, 0) is 31.2 Å². The molecule has 0 atom stereocenters. The molecule has 0 amide bonds. The molecule has 90 valence electrons. The van der Waals surface area contributed by atoms with Gasteiger partial charge in [-0.1, -0.05) is 41.9 Å². The van der Waals surface area contributed by atoms with Crippen LogP contribution in [0.4, 0.5) is 0 Å². The molecule has 16 heavy (non-hydrogen) atoms. The first kappa shape index (κ1) is 14.1. The average Bonchev–Trinajstić information content (AvgIpc) is 2.27. The van der Waals surface area contributed by atoms with Gasteiger partial charge in [0, 0.05) is 16.7 Å². The molecular formula is C13H20BrNS. The van der Waals surface area contributed by atoms with Crippen LogP contribution >= 0.6 is 27.7 Å². The number of hydrogen-bond donors (Lipinski definition) is 0. The summed E-state index contributed by atoms with van der Waals surface area (Å²) in [5, 5.41) is 0.658. The molecule has 1 nitrogen and oxygen atoms in total. The van der Waals surface area contributed by atoms with Gasteiger partial charge >= 0.3 is 0 Å². The largest absolute Gasteiger partial charge is 0.296 e. The Morgan fingerprint density at radius 1 is 1.25 bits per heavy atom. The van der Waals surface area contributed by atoms with Gasteiger partial charge in [0.1, 0.15) is 0 Å². The van der Waals surface area contributed by atoms with Crippen molar-refractivity contribution in [3.05, 3.63) is 29.8 Å². The first-order valence-corrected chi connectivity index (χ1v) is 7.62. The van der Waals surface area contributed by atoms with Crippen molar-refractivity contribution in [3.63, 3.8) is 0 Å². The molecule has 0 aliphatic carbocycles. The molecule has 0 spiro atoms. The summed E-state index contributed by atoms with van der Waals surface area (Å²) in [7, 11) is 2.12. The van der Waals surface area contributed by atoms with E-state index in [0.717, 1.165) is 18.4 Å². The monoisotopic (exact) mass is 301 g/mol. The van der Waals surface area contributed by atoms with Crippen LogP contribution in [0.1, 0.15) is 19.4 Å². The summed E-state index contributed by atoms with van der Waals surface area (Å²) in [6.07, 6.45) is 1.12. The van der Waals surface area contributed by atoms with Gasteiger partial charge in [0.2, 0.25) is 0 Å². The second kappa shape index (κ2) is 7.36. The normalized spacial score (nSPS) is 11.4. The van der Waals surface area contributed by atoms with Crippen LogP contribution in [0, 0.1) is 0 Å². The molecule has 0 aromatic heterocycles. The number of likely N-dealkylation sites (N-methyl/N-ethyl adjacent to an activating group) is 1. The summed E-state index contributed by atoms with van der Waals surface area (Å²) in [5.41, 5.74) is 2.36. The number of rotatable bonds is 6. The van der Waals surface area contributed by atoms with E-state index in [1.165, 1.54) is 10.5 Å². The second-order valence-corrected chi connectivity index (χ2v) is 6.41. The lowest BCUT2D eigenvalue weighted by Gasteiger charge is -2.12. The van der Waals surface area contributed by atoms with Crippen LogP contribution in [0.15, 0.2) is 29.2 Å². The fourth-order valence-electron chi connectivity index (χ4n) is 1.39. The van der Waals surface area contributed by atoms with Gasteiger partial charge in [0.25, 0.3) is 0 Å². The maximum Gasteiger partial charge on any atom is 0.0539 e. The van der Waals surface area contributed by atoms with E-state index in [9.17, 15) is 0 Å². The first-order chi connectivity index (χ1) is 7.61. The molecule has 0 N–H and O–H groups in total. The summed E-state index contributed by atoms with van der Waals surface area (Å²) >= 11 is 5.37. The minimum Gasteiger partial charge on any atom is -0.296 e. The molecular weight excluding hydrogens is 282 g/mol. The van der Waals surface area contributed by atoms with Crippen molar-refractivity contribution in [2.75, 3.05) is 19.0 Å². The zero-order chi connectivity index (χ0) is 12.0. The Morgan fingerprint density at radius 3 is 2.38 bits per heavy atom. The molecule has 0 aliphatic rings. The minimum atomic E-state index is 0.658. The van der Waals surface area contributed by atoms with Crippen molar-refractivity contribution >= 4 is 27.7 Å². The van der Waals surface area contributed by atoms with Gasteiger partial charge in [-0.3, -0.25) is 4.90 Å². The highest BCUT2D eigenvalue weighted by Gasteiger charge is 2.00. The molecule has 0 saturated heterocycles. The molecule has 0 bridgehead atoms. The van der Waals surface area contributed by atoms with Gasteiger partial charge in [0.15, 0.2) is 0 Å². The van der Waals surface area contributed by atoms with Crippen molar-refractivity contribution in [1.82, 2.24) is 4.90 Å². The second-order valence-electron chi connectivity index (χ2n) is 4.26. The van der Waals surface area contributed by atoms with Gasteiger partial charge in [-0.25, -0.2) is 0 Å². The van der Waals surface area contributed by atoms with E-state index in [-0.39, 0.29) is 0 Å². The van der Waals surface area contributed by atoms with Crippen molar-refractivity contribution < 1.29 is 0 Å². The summed E-state index contributed by atoms with van der Waals surface area (Å²) in [6, 6.07) is 8.95. The lowest BCUT2D eigenvalue weighted by Crippen LogP contribution is -2.18. The molecule has 1 aromatic carbocycles. The molecule has 1 aromatic rings. The van der Waals surface area contributed by atoms with Crippen LogP contribution in [-0.2, 0) is 6.42 Å². The van der Waals surface area contributed by atoms with Crippen molar-refractivity contribution in [1.29, 1.82) is 0 Å². The van der Waals surface area contributed by atoms with E-state index in [1.54, 1.807) is 0 Å². The highest BCUT2D eigenvalue weighted by Crippen LogP contribution is 2.22. The van der Waals surface area contributed by atoms with Crippen LogP contribution in [0.25, 0.3) is 0 Å². The molecule has 0 aliphatic heterocycles. The van der Waals surface area contributed by atoms with E-state index in [1.807, 2.05) is 11.8 Å². The summed E-state index contributed by atoms with van der Waals surface area (Å²) in [5.74, 6) is 0. The molecule has 3 heteroatoms. The summed E-state index contributed by atoms with van der Waals surface area (Å²) in [6.45, 7) is 5.55. The van der Waals surface area contributed by atoms with Gasteiger partial charge in [-0.15, -0.1) is 11.8 Å². The molecule has 0 radical (unpaired) electrons. The first-order valence-electron chi connectivity index (χ1n) is 5.62. The Morgan fingerprint density at radius 2 is 1.88 bits per heavy atom. The Kier molecular flexibility index (Phi) is 6.47. The number of thioether (sulfide) groups is 1. The van der Waals surface area contributed by atoms with Crippen molar-refractivity contribution in [3.8, 4) is 0 Å². The Hall–Kier alpha value is 0.01000. The number of hydrogen-bond acceptors (Lipinski definition) is 2. The quantitative estimate of drug-likeness (QED) is 0.444. The molecule has 1 rings (SSSR count). The topological polar surface area (TPSA) is 3.24 Å². The fraction of sp³-hybridized carbons (Fsp3) is 0.538. The lowest BCUT2D eigenvalue weighted by molar-refractivity contribution is 0.401. The standard InChI is InChI=1S/C13H20BrNS/c1-11(2)16-13-6-4-12(5-7-13)8-9-15(3)10-14/h4-7,11H,8-10H2,1-3H3. The number of halogens is 1. The van der Waals surface area contributed by atoms with E-state index in [2.05, 4.69) is 66.0 Å². The van der Waals surface area contributed by atoms with E-state index < -0.39 is 0 Å². The minimum absolute atomic E-state index is 0.658. The fourth-order valence-corrected chi connectivity index (χ4v) is 2.47. The maximum absolute atomic E-state index is 3.45. The predicted octanol–water partition coefficient (Wildman–Crippen LogP) is 4.01. The summed E-state index contributed by atoms with van der Waals surface area (Å²) in [4.78, 5) is 3.63. The third-order valence-corrected chi connectivity index (χ3v) is 4.15. The van der Waals surface area contributed by atoms with Crippen LogP contribution in [0.5, 0.6) is 0 Å².